The number of nitro benzene ring substituents is 1. The van der Waals surface area contributed by atoms with E-state index in [9.17, 15) is 14.9 Å². The van der Waals surface area contributed by atoms with Crippen molar-refractivity contribution in [2.24, 2.45) is 0 Å². The predicted molar refractivity (Wildman–Crippen MR) is 101 cm³/mol. The minimum atomic E-state index is -0.440. The molecule has 6 nitrogen and oxygen atoms in total. The zero-order chi connectivity index (χ0) is 18.4. The van der Waals surface area contributed by atoms with Crippen LogP contribution in [-0.4, -0.2) is 21.9 Å². The number of hydrogen-bond acceptors (Lipinski definition) is 4. The van der Waals surface area contributed by atoms with Gasteiger partial charge in [0.2, 0.25) is 0 Å². The summed E-state index contributed by atoms with van der Waals surface area (Å²) in [6, 6.07) is 11.9. The highest BCUT2D eigenvalue weighted by Crippen LogP contribution is 2.26. The van der Waals surface area contributed by atoms with E-state index >= 15 is 0 Å². The summed E-state index contributed by atoms with van der Waals surface area (Å²) in [5.74, 6) is 0.548. The van der Waals surface area contributed by atoms with Crippen molar-refractivity contribution in [2.75, 3.05) is 4.90 Å². The summed E-state index contributed by atoms with van der Waals surface area (Å²) in [6.45, 7) is 0. The van der Waals surface area contributed by atoms with Crippen LogP contribution < -0.4 is 4.90 Å². The average Bonchev–Trinajstić information content (AvgIpc) is 2.68. The van der Waals surface area contributed by atoms with Gasteiger partial charge in [-0.3, -0.25) is 19.8 Å². The minimum Gasteiger partial charge on any atom is -0.290 e. The molecule has 3 rings (SSSR count). The third-order valence-corrected chi connectivity index (χ3v) is 4.60. The molecular formula is C20H21N3O3. The van der Waals surface area contributed by atoms with Crippen LogP contribution in [-0.2, 0) is 4.79 Å². The summed E-state index contributed by atoms with van der Waals surface area (Å²) in [6.07, 6.45) is 10.3. The second kappa shape index (κ2) is 8.38. The molecule has 0 atom stereocenters. The SMILES string of the molecule is O=C(C=Cc1ccc([N+](=O)[O-])cc1)N(c1ccccn1)C1CCCCC1. The van der Waals surface area contributed by atoms with Crippen LogP contribution in [0.4, 0.5) is 11.5 Å². The van der Waals surface area contributed by atoms with Gasteiger partial charge in [-0.15, -0.1) is 0 Å². The smallest absolute Gasteiger partial charge is 0.269 e. The number of nitro groups is 1. The zero-order valence-corrected chi connectivity index (χ0v) is 14.5. The maximum atomic E-state index is 12.9. The van der Waals surface area contributed by atoms with E-state index in [1.54, 1.807) is 29.3 Å². The molecule has 0 spiro atoms. The first-order valence-corrected chi connectivity index (χ1v) is 8.82. The fourth-order valence-electron chi connectivity index (χ4n) is 3.27. The number of hydrogen-bond donors (Lipinski definition) is 0. The zero-order valence-electron chi connectivity index (χ0n) is 14.5. The Labute approximate surface area is 152 Å². The summed E-state index contributed by atoms with van der Waals surface area (Å²) in [7, 11) is 0. The quantitative estimate of drug-likeness (QED) is 0.455. The number of aromatic nitrogens is 1. The van der Waals surface area contributed by atoms with E-state index in [1.165, 1.54) is 24.6 Å². The fourth-order valence-corrected chi connectivity index (χ4v) is 3.27. The van der Waals surface area contributed by atoms with Crippen LogP contribution in [0.5, 0.6) is 0 Å². The van der Waals surface area contributed by atoms with Crippen LogP contribution in [0.2, 0.25) is 0 Å². The number of benzene rings is 1. The Hall–Kier alpha value is -3.02. The molecule has 0 N–H and O–H groups in total. The van der Waals surface area contributed by atoms with Gasteiger partial charge >= 0.3 is 0 Å². The summed E-state index contributed by atoms with van der Waals surface area (Å²) >= 11 is 0. The molecule has 1 saturated carbocycles. The van der Waals surface area contributed by atoms with Crippen molar-refractivity contribution >= 4 is 23.5 Å². The van der Waals surface area contributed by atoms with Crippen molar-refractivity contribution in [1.82, 2.24) is 4.98 Å². The standard InChI is InChI=1S/C20H21N3O3/c24-20(14-11-16-9-12-18(13-10-16)23(25)26)22(17-6-2-1-3-7-17)19-8-4-5-15-21-19/h4-5,8-15,17H,1-3,6-7H2. The maximum absolute atomic E-state index is 12.9. The molecule has 134 valence electrons. The highest BCUT2D eigenvalue weighted by molar-refractivity contribution is 6.03. The van der Waals surface area contributed by atoms with Crippen molar-refractivity contribution in [3.63, 3.8) is 0 Å². The van der Waals surface area contributed by atoms with E-state index in [1.807, 2.05) is 18.2 Å². The molecule has 0 aliphatic heterocycles. The largest absolute Gasteiger partial charge is 0.290 e. The average molecular weight is 351 g/mol. The van der Waals surface area contributed by atoms with Gasteiger partial charge in [0, 0.05) is 30.4 Å². The van der Waals surface area contributed by atoms with Crippen LogP contribution in [0.25, 0.3) is 6.08 Å². The first-order valence-electron chi connectivity index (χ1n) is 8.82. The Morgan fingerprint density at radius 2 is 1.85 bits per heavy atom. The Morgan fingerprint density at radius 3 is 2.46 bits per heavy atom. The Morgan fingerprint density at radius 1 is 1.12 bits per heavy atom. The van der Waals surface area contributed by atoms with E-state index in [0.717, 1.165) is 31.2 Å². The van der Waals surface area contributed by atoms with Gasteiger partial charge in [0.25, 0.3) is 11.6 Å². The van der Waals surface area contributed by atoms with Crippen molar-refractivity contribution < 1.29 is 9.72 Å². The van der Waals surface area contributed by atoms with Crippen LogP contribution >= 0.6 is 0 Å². The Bertz CT molecular complexity index is 782. The number of carbonyl (C=O) groups excluding carboxylic acids is 1. The molecule has 26 heavy (non-hydrogen) atoms. The molecule has 1 heterocycles. The first kappa shape index (κ1) is 17.8. The molecule has 1 aromatic carbocycles. The van der Waals surface area contributed by atoms with E-state index < -0.39 is 4.92 Å². The van der Waals surface area contributed by atoms with E-state index in [-0.39, 0.29) is 17.6 Å². The van der Waals surface area contributed by atoms with Gasteiger partial charge in [-0.1, -0.05) is 25.3 Å². The van der Waals surface area contributed by atoms with Gasteiger partial charge in [-0.05, 0) is 48.7 Å². The summed E-state index contributed by atoms with van der Waals surface area (Å²) in [5.41, 5.74) is 0.777. The Kier molecular flexibility index (Phi) is 5.73. The number of rotatable bonds is 5. The highest BCUT2D eigenvalue weighted by atomic mass is 16.6. The van der Waals surface area contributed by atoms with Crippen molar-refractivity contribution in [1.29, 1.82) is 0 Å². The van der Waals surface area contributed by atoms with Crippen molar-refractivity contribution in [3.8, 4) is 0 Å². The molecule has 1 aromatic heterocycles. The monoisotopic (exact) mass is 351 g/mol. The van der Waals surface area contributed by atoms with Gasteiger partial charge in [0.1, 0.15) is 5.82 Å². The van der Waals surface area contributed by atoms with Crippen LogP contribution in [0.1, 0.15) is 37.7 Å². The molecule has 0 bridgehead atoms. The number of carbonyl (C=O) groups is 1. The molecule has 1 fully saturated rings. The van der Waals surface area contributed by atoms with Gasteiger partial charge in [-0.25, -0.2) is 4.98 Å². The van der Waals surface area contributed by atoms with Crippen LogP contribution in [0.3, 0.4) is 0 Å². The topological polar surface area (TPSA) is 76.3 Å². The normalized spacial score (nSPS) is 15.1. The number of pyridine rings is 1. The van der Waals surface area contributed by atoms with Gasteiger partial charge in [0.05, 0.1) is 4.92 Å². The molecule has 0 saturated heterocycles. The van der Waals surface area contributed by atoms with Crippen molar-refractivity contribution in [3.05, 3.63) is 70.4 Å². The molecule has 6 heteroatoms. The van der Waals surface area contributed by atoms with E-state index in [2.05, 4.69) is 4.98 Å². The minimum absolute atomic E-state index is 0.0331. The van der Waals surface area contributed by atoms with E-state index in [4.69, 9.17) is 0 Å². The van der Waals surface area contributed by atoms with Crippen molar-refractivity contribution in [2.45, 2.75) is 38.1 Å². The second-order valence-electron chi connectivity index (χ2n) is 6.37. The van der Waals surface area contributed by atoms with Gasteiger partial charge in [0.15, 0.2) is 0 Å². The lowest BCUT2D eigenvalue weighted by Gasteiger charge is -2.32. The van der Waals surface area contributed by atoms with Crippen LogP contribution in [0.15, 0.2) is 54.7 Å². The lowest BCUT2D eigenvalue weighted by molar-refractivity contribution is -0.384. The predicted octanol–water partition coefficient (Wildman–Crippen LogP) is 4.37. The summed E-state index contributed by atoms with van der Waals surface area (Å²) < 4.78 is 0. The Balaban J connectivity index is 1.79. The molecule has 1 aliphatic carbocycles. The molecular weight excluding hydrogens is 330 g/mol. The number of amides is 1. The molecule has 0 radical (unpaired) electrons. The summed E-state index contributed by atoms with van der Waals surface area (Å²) in [4.78, 5) is 29.3. The number of non-ortho nitro benzene ring substituents is 1. The van der Waals surface area contributed by atoms with Crippen LogP contribution in [0, 0.1) is 10.1 Å². The highest BCUT2D eigenvalue weighted by Gasteiger charge is 2.26. The molecule has 0 unspecified atom stereocenters. The first-order chi connectivity index (χ1) is 12.6. The van der Waals surface area contributed by atoms with Gasteiger partial charge in [-0.2, -0.15) is 0 Å². The molecule has 2 aromatic rings. The summed E-state index contributed by atoms with van der Waals surface area (Å²) in [5, 5.41) is 10.7. The second-order valence-corrected chi connectivity index (χ2v) is 6.37. The third kappa shape index (κ3) is 4.33. The molecule has 1 aliphatic rings. The third-order valence-electron chi connectivity index (χ3n) is 4.60. The lowest BCUT2D eigenvalue weighted by atomic mass is 9.94. The lowest BCUT2D eigenvalue weighted by Crippen LogP contribution is -2.41. The fraction of sp³-hybridized carbons (Fsp3) is 0.300. The van der Waals surface area contributed by atoms with E-state index in [0.29, 0.717) is 5.82 Å². The molecule has 1 amide bonds. The number of nitrogens with zero attached hydrogens (tertiary/aromatic N) is 3. The maximum Gasteiger partial charge on any atom is 0.269 e. The number of anilines is 1. The van der Waals surface area contributed by atoms with Gasteiger partial charge < -0.3 is 0 Å².